The van der Waals surface area contributed by atoms with Crippen LogP contribution in [0.25, 0.3) is 11.1 Å². The van der Waals surface area contributed by atoms with E-state index < -0.39 is 30.1 Å². The topological polar surface area (TPSA) is 141 Å². The Morgan fingerprint density at radius 3 is 2.23 bits per heavy atom. The zero-order chi connectivity index (χ0) is 24.8. The number of alkyl carbamates (subject to hydrolysis) is 1. The number of aromatic amines is 1. The molecule has 0 radical (unpaired) electrons. The van der Waals surface area contributed by atoms with E-state index in [1.807, 2.05) is 48.5 Å². The number of fused-ring (bicyclic) bond motifs is 3. The highest BCUT2D eigenvalue weighted by Crippen LogP contribution is 2.44. The molecule has 0 fully saturated rings. The average molecular weight is 478 g/mol. The van der Waals surface area contributed by atoms with Gasteiger partial charge in [0.25, 0.3) is 0 Å². The zero-order valence-electron chi connectivity index (χ0n) is 18.9. The van der Waals surface area contributed by atoms with Crippen LogP contribution in [0.2, 0.25) is 0 Å². The molecule has 9 nitrogen and oxygen atoms in total. The van der Waals surface area contributed by atoms with Crippen LogP contribution in [-0.4, -0.2) is 58.5 Å². The molecule has 0 saturated heterocycles. The van der Waals surface area contributed by atoms with E-state index in [0.29, 0.717) is 0 Å². The molecule has 182 valence electrons. The monoisotopic (exact) mass is 477 g/mol. The molecule has 2 amide bonds. The highest BCUT2D eigenvalue weighted by atomic mass is 16.5. The van der Waals surface area contributed by atoms with Crippen molar-refractivity contribution in [2.75, 3.05) is 13.2 Å². The normalized spacial score (nSPS) is 13.9. The Labute approximate surface area is 202 Å². The summed E-state index contributed by atoms with van der Waals surface area (Å²) in [5, 5.41) is 23.4. The maximum absolute atomic E-state index is 12.7. The number of carboxylic acid groups (broad SMARTS) is 1. The lowest BCUT2D eigenvalue weighted by Crippen LogP contribution is -2.49. The molecule has 2 atom stereocenters. The van der Waals surface area contributed by atoms with Gasteiger partial charge in [-0.15, -0.1) is 0 Å². The third-order valence-corrected chi connectivity index (χ3v) is 6.04. The molecule has 1 aliphatic carbocycles. The summed E-state index contributed by atoms with van der Waals surface area (Å²) in [6, 6.07) is 18.6. The highest BCUT2D eigenvalue weighted by Gasteiger charge is 2.30. The molecule has 1 heterocycles. The van der Waals surface area contributed by atoms with Gasteiger partial charge in [0.15, 0.2) is 6.10 Å². The van der Waals surface area contributed by atoms with E-state index in [2.05, 4.69) is 15.6 Å². The number of hydrogen-bond acceptors (Lipinski definition) is 5. The second-order valence-corrected chi connectivity index (χ2v) is 8.36. The summed E-state index contributed by atoms with van der Waals surface area (Å²) in [5.74, 6) is -1.98. The van der Waals surface area contributed by atoms with Gasteiger partial charge in [0.05, 0.1) is 0 Å². The Kier molecular flexibility index (Phi) is 7.47. The number of ether oxygens (including phenoxy) is 1. The summed E-state index contributed by atoms with van der Waals surface area (Å²) >= 11 is 0. The second-order valence-electron chi connectivity index (χ2n) is 8.36. The Balaban J connectivity index is 1.39. The predicted molar refractivity (Wildman–Crippen MR) is 128 cm³/mol. The average Bonchev–Trinajstić information content (AvgIpc) is 3.48. The van der Waals surface area contributed by atoms with Crippen molar-refractivity contribution in [3.8, 4) is 11.1 Å². The Bertz CT molecular complexity index is 1150. The summed E-state index contributed by atoms with van der Waals surface area (Å²) in [6.45, 7) is 0.0569. The van der Waals surface area contributed by atoms with Gasteiger partial charge < -0.3 is 30.6 Å². The van der Waals surface area contributed by atoms with E-state index in [1.165, 1.54) is 0 Å². The number of carbonyl (C=O) groups excluding carboxylic acids is 2. The molecule has 3 aromatic rings. The highest BCUT2D eigenvalue weighted by molar-refractivity contribution is 5.86. The van der Waals surface area contributed by atoms with Gasteiger partial charge >= 0.3 is 12.1 Å². The zero-order valence-corrected chi connectivity index (χ0v) is 18.9. The van der Waals surface area contributed by atoms with Crippen molar-refractivity contribution >= 4 is 18.0 Å². The molecule has 5 N–H and O–H groups in total. The third-order valence-electron chi connectivity index (χ3n) is 6.04. The van der Waals surface area contributed by atoms with Crippen LogP contribution in [0.4, 0.5) is 4.79 Å². The SMILES string of the molecule is O=C(NC(Cc1ccc[nH]1)C(=O)NCCC(O)C(=O)O)OCC1c2ccccc2-c2ccccc21. The van der Waals surface area contributed by atoms with E-state index in [1.54, 1.807) is 18.3 Å². The van der Waals surface area contributed by atoms with Gasteiger partial charge in [-0.05, 0) is 34.4 Å². The smallest absolute Gasteiger partial charge is 0.407 e. The summed E-state index contributed by atoms with van der Waals surface area (Å²) in [4.78, 5) is 39.2. The number of rotatable bonds is 10. The fraction of sp³-hybridized carbons (Fsp3) is 0.269. The number of aromatic nitrogens is 1. The number of aliphatic carboxylic acids is 1. The van der Waals surface area contributed by atoms with Crippen LogP contribution in [-0.2, 0) is 20.7 Å². The first-order valence-corrected chi connectivity index (χ1v) is 11.4. The van der Waals surface area contributed by atoms with Crippen molar-refractivity contribution in [3.05, 3.63) is 83.7 Å². The van der Waals surface area contributed by atoms with Gasteiger partial charge in [0, 0.05) is 37.2 Å². The molecule has 4 rings (SSSR count). The van der Waals surface area contributed by atoms with E-state index in [4.69, 9.17) is 9.84 Å². The number of nitrogens with one attached hydrogen (secondary N) is 3. The molecular weight excluding hydrogens is 450 g/mol. The number of aliphatic hydroxyl groups excluding tert-OH is 1. The first kappa shape index (κ1) is 24.0. The van der Waals surface area contributed by atoms with Crippen molar-refractivity contribution in [1.82, 2.24) is 15.6 Å². The fourth-order valence-electron chi connectivity index (χ4n) is 4.28. The summed E-state index contributed by atoms with van der Waals surface area (Å²) in [5.41, 5.74) is 5.13. The van der Waals surface area contributed by atoms with Crippen LogP contribution in [0.5, 0.6) is 0 Å². The Hall–Kier alpha value is -4.11. The molecule has 0 bridgehead atoms. The molecule has 35 heavy (non-hydrogen) atoms. The first-order chi connectivity index (χ1) is 16.9. The van der Waals surface area contributed by atoms with Crippen LogP contribution in [0.15, 0.2) is 66.9 Å². The van der Waals surface area contributed by atoms with E-state index in [-0.39, 0.29) is 31.9 Å². The number of carboxylic acids is 1. The summed E-state index contributed by atoms with van der Waals surface area (Å²) < 4.78 is 5.56. The fourth-order valence-corrected chi connectivity index (χ4v) is 4.28. The van der Waals surface area contributed by atoms with Crippen LogP contribution < -0.4 is 10.6 Å². The number of aliphatic hydroxyl groups is 1. The van der Waals surface area contributed by atoms with Crippen LogP contribution in [0.1, 0.15) is 29.2 Å². The second kappa shape index (κ2) is 10.9. The molecule has 1 aliphatic rings. The summed E-state index contributed by atoms with van der Waals surface area (Å²) in [6.07, 6.45) is -0.566. The van der Waals surface area contributed by atoms with E-state index >= 15 is 0 Å². The van der Waals surface area contributed by atoms with Crippen molar-refractivity contribution in [2.24, 2.45) is 0 Å². The number of carbonyl (C=O) groups is 3. The van der Waals surface area contributed by atoms with Crippen LogP contribution in [0, 0.1) is 0 Å². The maximum atomic E-state index is 12.7. The number of amides is 2. The van der Waals surface area contributed by atoms with Crippen molar-refractivity contribution in [2.45, 2.75) is 30.9 Å². The number of benzene rings is 2. The van der Waals surface area contributed by atoms with Gasteiger partial charge in [0.1, 0.15) is 12.6 Å². The van der Waals surface area contributed by atoms with Crippen LogP contribution >= 0.6 is 0 Å². The standard InChI is InChI=1S/C26H27N3O6/c30-23(25(32)33)11-13-28-24(31)22(14-16-6-5-12-27-16)29-26(34)35-15-21-19-9-3-1-7-17(19)18-8-2-4-10-20(18)21/h1-10,12,21-23,27,30H,11,13-15H2,(H,28,31)(H,29,34)(H,32,33). The summed E-state index contributed by atoms with van der Waals surface area (Å²) in [7, 11) is 0. The molecule has 0 saturated carbocycles. The molecule has 0 spiro atoms. The Morgan fingerprint density at radius 1 is 0.971 bits per heavy atom. The lowest BCUT2D eigenvalue weighted by atomic mass is 9.98. The van der Waals surface area contributed by atoms with Gasteiger partial charge in [-0.2, -0.15) is 0 Å². The van der Waals surface area contributed by atoms with E-state index in [9.17, 15) is 19.5 Å². The molecule has 0 aliphatic heterocycles. The van der Waals surface area contributed by atoms with Gasteiger partial charge in [-0.25, -0.2) is 9.59 Å². The van der Waals surface area contributed by atoms with Crippen molar-refractivity contribution in [3.63, 3.8) is 0 Å². The van der Waals surface area contributed by atoms with Crippen molar-refractivity contribution < 1.29 is 29.3 Å². The third kappa shape index (κ3) is 5.70. The molecular formula is C26H27N3O6. The maximum Gasteiger partial charge on any atom is 0.407 e. The van der Waals surface area contributed by atoms with Gasteiger partial charge in [-0.3, -0.25) is 4.79 Å². The molecule has 1 aromatic heterocycles. The minimum atomic E-state index is -1.58. The van der Waals surface area contributed by atoms with Gasteiger partial charge in [0.2, 0.25) is 5.91 Å². The van der Waals surface area contributed by atoms with Gasteiger partial charge in [-0.1, -0.05) is 48.5 Å². The largest absolute Gasteiger partial charge is 0.479 e. The number of H-pyrrole nitrogens is 1. The number of hydrogen-bond donors (Lipinski definition) is 5. The lowest BCUT2D eigenvalue weighted by Gasteiger charge is -2.20. The lowest BCUT2D eigenvalue weighted by molar-refractivity contribution is -0.147. The Morgan fingerprint density at radius 2 is 1.63 bits per heavy atom. The predicted octanol–water partition coefficient (Wildman–Crippen LogP) is 2.42. The van der Waals surface area contributed by atoms with Crippen molar-refractivity contribution in [1.29, 1.82) is 0 Å². The quantitative estimate of drug-likeness (QED) is 0.304. The van der Waals surface area contributed by atoms with Crippen LogP contribution in [0.3, 0.4) is 0 Å². The minimum Gasteiger partial charge on any atom is -0.479 e. The minimum absolute atomic E-state index is 0.0557. The molecule has 9 heteroatoms. The van der Waals surface area contributed by atoms with E-state index in [0.717, 1.165) is 27.9 Å². The molecule has 2 aromatic carbocycles. The first-order valence-electron chi connectivity index (χ1n) is 11.4. The molecule has 2 unspecified atom stereocenters.